The van der Waals surface area contributed by atoms with Crippen molar-refractivity contribution in [3.05, 3.63) is 16.5 Å². The van der Waals surface area contributed by atoms with E-state index in [4.69, 9.17) is 5.11 Å². The Morgan fingerprint density at radius 2 is 2.15 bits per heavy atom. The predicted molar refractivity (Wildman–Crippen MR) is 74.6 cm³/mol. The Morgan fingerprint density at radius 1 is 1.50 bits per heavy atom. The average molecular weight is 319 g/mol. The summed E-state index contributed by atoms with van der Waals surface area (Å²) >= 11 is 0.779. The number of aromatic carboxylic acids is 1. The molecule has 0 bridgehead atoms. The molecule has 1 aliphatic heterocycles. The first-order valence-electron chi connectivity index (χ1n) is 6.25. The highest BCUT2D eigenvalue weighted by molar-refractivity contribution is 7.91. The van der Waals surface area contributed by atoms with E-state index in [-0.39, 0.29) is 28.1 Å². The van der Waals surface area contributed by atoms with E-state index in [1.807, 2.05) is 0 Å². The molecule has 112 valence electrons. The van der Waals surface area contributed by atoms with Crippen LogP contribution in [0, 0.1) is 12.8 Å². The molecular weight excluding hydrogens is 302 g/mol. The lowest BCUT2D eigenvalue weighted by atomic mass is 9.99. The minimum Gasteiger partial charge on any atom is -0.477 e. The first-order valence-corrected chi connectivity index (χ1v) is 8.51. The normalized spacial score (nSPS) is 24.8. The number of thiophene rings is 1. The van der Waals surface area contributed by atoms with E-state index in [0.717, 1.165) is 11.3 Å². The molecule has 1 fully saturated rings. The number of carboxylic acids is 1. The van der Waals surface area contributed by atoms with Crippen LogP contribution in [-0.4, -0.2) is 48.1 Å². The maximum Gasteiger partial charge on any atom is 0.346 e. The molecular formula is C12H17NO5S2. The molecule has 0 aliphatic carbocycles. The molecule has 1 aromatic heterocycles. The van der Waals surface area contributed by atoms with Crippen LogP contribution in [0.4, 0.5) is 0 Å². The van der Waals surface area contributed by atoms with Crippen molar-refractivity contribution >= 4 is 27.3 Å². The monoisotopic (exact) mass is 319 g/mol. The zero-order valence-corrected chi connectivity index (χ0v) is 12.9. The Labute approximate surface area is 121 Å². The van der Waals surface area contributed by atoms with Gasteiger partial charge in [0.25, 0.3) is 10.0 Å². The van der Waals surface area contributed by atoms with Crippen molar-refractivity contribution < 1.29 is 23.4 Å². The van der Waals surface area contributed by atoms with Gasteiger partial charge in [-0.15, -0.1) is 11.3 Å². The van der Waals surface area contributed by atoms with E-state index >= 15 is 0 Å². The topological polar surface area (TPSA) is 94.9 Å². The van der Waals surface area contributed by atoms with Gasteiger partial charge >= 0.3 is 5.97 Å². The molecule has 6 nitrogen and oxygen atoms in total. The summed E-state index contributed by atoms with van der Waals surface area (Å²) in [6, 6.07) is 1.40. The number of hydrogen-bond donors (Lipinski definition) is 2. The van der Waals surface area contributed by atoms with Gasteiger partial charge in [0, 0.05) is 13.1 Å². The van der Waals surface area contributed by atoms with Crippen molar-refractivity contribution in [2.75, 3.05) is 13.1 Å². The van der Waals surface area contributed by atoms with Crippen molar-refractivity contribution in [3.63, 3.8) is 0 Å². The zero-order chi connectivity index (χ0) is 15.1. The highest BCUT2D eigenvalue weighted by Gasteiger charge is 2.34. The fraction of sp³-hybridized carbons (Fsp3) is 0.583. The van der Waals surface area contributed by atoms with Crippen molar-refractivity contribution in [1.29, 1.82) is 0 Å². The second-order valence-corrected chi connectivity index (χ2v) is 8.30. The molecule has 1 aliphatic rings. The quantitative estimate of drug-likeness (QED) is 0.871. The lowest BCUT2D eigenvalue weighted by Crippen LogP contribution is -2.44. The number of carbonyl (C=O) groups is 1. The Morgan fingerprint density at radius 3 is 2.65 bits per heavy atom. The summed E-state index contributed by atoms with van der Waals surface area (Å²) in [6.07, 6.45) is -0.0857. The highest BCUT2D eigenvalue weighted by atomic mass is 32.2. The van der Waals surface area contributed by atoms with E-state index < -0.39 is 22.1 Å². The molecule has 2 N–H and O–H groups in total. The Balaban J connectivity index is 2.31. The van der Waals surface area contributed by atoms with Crippen molar-refractivity contribution in [1.82, 2.24) is 4.31 Å². The second kappa shape index (κ2) is 5.44. The van der Waals surface area contributed by atoms with Crippen LogP contribution in [0.5, 0.6) is 0 Å². The highest BCUT2D eigenvalue weighted by Crippen LogP contribution is 2.30. The van der Waals surface area contributed by atoms with Gasteiger partial charge in [0.15, 0.2) is 0 Å². The number of carboxylic acid groups (broad SMARTS) is 1. The molecule has 2 atom stereocenters. The smallest absolute Gasteiger partial charge is 0.346 e. The number of sulfonamides is 1. The third-order valence-electron chi connectivity index (χ3n) is 3.51. The van der Waals surface area contributed by atoms with Crippen LogP contribution in [-0.2, 0) is 10.0 Å². The van der Waals surface area contributed by atoms with Gasteiger partial charge in [-0.3, -0.25) is 0 Å². The second-order valence-electron chi connectivity index (χ2n) is 5.08. The van der Waals surface area contributed by atoms with E-state index in [9.17, 15) is 18.3 Å². The number of piperidine rings is 1. The molecule has 0 spiro atoms. The minimum atomic E-state index is -3.68. The Bertz CT molecular complexity index is 622. The number of aliphatic hydroxyl groups excluding tert-OH is 1. The van der Waals surface area contributed by atoms with Gasteiger partial charge < -0.3 is 10.2 Å². The third-order valence-corrected chi connectivity index (χ3v) is 7.05. The van der Waals surface area contributed by atoms with E-state index in [2.05, 4.69) is 0 Å². The first-order chi connectivity index (χ1) is 9.23. The molecule has 0 radical (unpaired) electrons. The zero-order valence-electron chi connectivity index (χ0n) is 11.2. The number of aliphatic hydroxyl groups is 1. The summed E-state index contributed by atoms with van der Waals surface area (Å²) in [5.74, 6) is -1.24. The van der Waals surface area contributed by atoms with E-state index in [1.54, 1.807) is 13.8 Å². The lowest BCUT2D eigenvalue weighted by Gasteiger charge is -2.33. The standard InChI is InChI=1S/C12H17NO5S2/c1-7-5-10(19-11(7)12(15)16)20(17,18)13-4-3-9(14)8(2)6-13/h5,8-9,14H,3-4,6H2,1-2H3,(H,15,16). The number of hydrogen-bond acceptors (Lipinski definition) is 5. The largest absolute Gasteiger partial charge is 0.477 e. The van der Waals surface area contributed by atoms with Gasteiger partial charge in [0.05, 0.1) is 6.10 Å². The molecule has 8 heteroatoms. The summed E-state index contributed by atoms with van der Waals surface area (Å²) in [6.45, 7) is 3.90. The molecule has 0 amide bonds. The average Bonchev–Trinajstić information content (AvgIpc) is 2.75. The first kappa shape index (κ1) is 15.4. The minimum absolute atomic E-state index is 0.0497. The van der Waals surface area contributed by atoms with Gasteiger partial charge in [0.1, 0.15) is 9.09 Å². The van der Waals surface area contributed by atoms with Crippen LogP contribution >= 0.6 is 11.3 Å². The van der Waals surface area contributed by atoms with Crippen LogP contribution in [0.25, 0.3) is 0 Å². The molecule has 1 saturated heterocycles. The molecule has 0 aromatic carbocycles. The van der Waals surface area contributed by atoms with E-state index in [1.165, 1.54) is 10.4 Å². The van der Waals surface area contributed by atoms with Gasteiger partial charge in [-0.1, -0.05) is 6.92 Å². The SMILES string of the molecule is Cc1cc(S(=O)(=O)N2CCC(O)C(C)C2)sc1C(=O)O. The fourth-order valence-electron chi connectivity index (χ4n) is 2.23. The molecule has 2 rings (SSSR count). The van der Waals surface area contributed by atoms with Crippen LogP contribution < -0.4 is 0 Å². The van der Waals surface area contributed by atoms with Crippen molar-refractivity contribution in [2.24, 2.45) is 5.92 Å². The predicted octanol–water partition coefficient (Wildman–Crippen LogP) is 1.15. The molecule has 0 saturated carbocycles. The maximum atomic E-state index is 12.5. The maximum absolute atomic E-state index is 12.5. The van der Waals surface area contributed by atoms with Gasteiger partial charge in [0.2, 0.25) is 0 Å². The van der Waals surface area contributed by atoms with Crippen LogP contribution in [0.2, 0.25) is 0 Å². The van der Waals surface area contributed by atoms with Crippen LogP contribution in [0.3, 0.4) is 0 Å². The molecule has 1 aromatic rings. The van der Waals surface area contributed by atoms with Crippen LogP contribution in [0.1, 0.15) is 28.6 Å². The Hall–Kier alpha value is -0.960. The summed E-state index contributed by atoms with van der Waals surface area (Å²) in [7, 11) is -3.68. The van der Waals surface area contributed by atoms with Gasteiger partial charge in [-0.2, -0.15) is 4.31 Å². The number of aryl methyl sites for hydroxylation is 1. The molecule has 2 unspecified atom stereocenters. The summed E-state index contributed by atoms with van der Waals surface area (Å²) < 4.78 is 26.4. The van der Waals surface area contributed by atoms with E-state index in [0.29, 0.717) is 12.0 Å². The van der Waals surface area contributed by atoms with Crippen LogP contribution in [0.15, 0.2) is 10.3 Å². The lowest BCUT2D eigenvalue weighted by molar-refractivity contribution is 0.0629. The van der Waals surface area contributed by atoms with Crippen molar-refractivity contribution in [2.45, 2.75) is 30.6 Å². The molecule has 2 heterocycles. The van der Waals surface area contributed by atoms with Gasteiger partial charge in [-0.05, 0) is 30.9 Å². The summed E-state index contributed by atoms with van der Waals surface area (Å²) in [5, 5.41) is 18.7. The number of nitrogens with zero attached hydrogens (tertiary/aromatic N) is 1. The number of rotatable bonds is 3. The van der Waals surface area contributed by atoms with Gasteiger partial charge in [-0.25, -0.2) is 13.2 Å². The summed E-state index contributed by atoms with van der Waals surface area (Å²) in [5.41, 5.74) is 0.450. The third kappa shape index (κ3) is 2.73. The fourth-order valence-corrected chi connectivity index (χ4v) is 5.32. The Kier molecular flexibility index (Phi) is 4.19. The molecule has 20 heavy (non-hydrogen) atoms. The summed E-state index contributed by atoms with van der Waals surface area (Å²) in [4.78, 5) is 11.1. The van der Waals surface area contributed by atoms with Crippen molar-refractivity contribution in [3.8, 4) is 0 Å².